The van der Waals surface area contributed by atoms with Crippen molar-refractivity contribution in [1.82, 2.24) is 4.98 Å². The number of thiophene rings is 1. The van der Waals surface area contributed by atoms with Crippen LogP contribution in [0.4, 0.5) is 9.52 Å². The van der Waals surface area contributed by atoms with E-state index in [9.17, 15) is 9.18 Å². The van der Waals surface area contributed by atoms with Gasteiger partial charge < -0.3 is 0 Å². The van der Waals surface area contributed by atoms with Crippen LogP contribution in [0.1, 0.15) is 26.4 Å². The van der Waals surface area contributed by atoms with Gasteiger partial charge in [0.15, 0.2) is 5.13 Å². The van der Waals surface area contributed by atoms with Crippen LogP contribution in [-0.4, -0.2) is 10.9 Å². The number of aromatic nitrogens is 1. The summed E-state index contributed by atoms with van der Waals surface area (Å²) in [6.07, 6.45) is 0.686. The number of hydrogen-bond acceptors (Lipinski definition) is 4. The molecule has 2 heterocycles. The summed E-state index contributed by atoms with van der Waals surface area (Å²) in [4.78, 5) is 18.5. The van der Waals surface area contributed by atoms with Gasteiger partial charge in [-0.05, 0) is 60.2 Å². The van der Waals surface area contributed by atoms with E-state index < -0.39 is 0 Å². The largest absolute Gasteiger partial charge is 0.297 e. The number of hydrogen-bond donors (Lipinski definition) is 1. The van der Waals surface area contributed by atoms with Crippen molar-refractivity contribution in [3.63, 3.8) is 0 Å². The van der Waals surface area contributed by atoms with Gasteiger partial charge >= 0.3 is 0 Å². The van der Waals surface area contributed by atoms with Gasteiger partial charge in [0.2, 0.25) is 0 Å². The lowest BCUT2D eigenvalue weighted by Gasteiger charge is -2.06. The normalized spacial score (nSPS) is 11.1. The molecule has 1 amide bonds. The number of fused-ring (bicyclic) bond motifs is 1. The SMILES string of the molecule is Cc1ccc(Cc2c(C(=O)Nc3nc(-c4ccc(F)cc4)cs3)sc3ccccc23)cc1. The highest BCUT2D eigenvalue weighted by Crippen LogP contribution is 2.34. The predicted molar refractivity (Wildman–Crippen MR) is 131 cm³/mol. The second-order valence-corrected chi connectivity index (χ2v) is 9.48. The van der Waals surface area contributed by atoms with Gasteiger partial charge in [0.1, 0.15) is 5.82 Å². The van der Waals surface area contributed by atoms with Crippen LogP contribution in [-0.2, 0) is 6.42 Å². The quantitative estimate of drug-likeness (QED) is 0.300. The summed E-state index contributed by atoms with van der Waals surface area (Å²) in [5.41, 5.74) is 4.93. The number of thiazole rings is 1. The number of halogens is 1. The maximum absolute atomic E-state index is 13.3. The smallest absolute Gasteiger partial charge is 0.267 e. The fourth-order valence-corrected chi connectivity index (χ4v) is 5.44. The Morgan fingerprint density at radius 3 is 2.53 bits per heavy atom. The molecule has 3 aromatic carbocycles. The lowest BCUT2D eigenvalue weighted by molar-refractivity contribution is 0.103. The Balaban J connectivity index is 1.44. The van der Waals surface area contributed by atoms with Crippen molar-refractivity contribution in [1.29, 1.82) is 0 Å². The van der Waals surface area contributed by atoms with Gasteiger partial charge in [-0.3, -0.25) is 10.1 Å². The summed E-state index contributed by atoms with van der Waals surface area (Å²) in [6, 6.07) is 22.7. The molecule has 1 N–H and O–H groups in total. The third kappa shape index (κ3) is 4.20. The van der Waals surface area contributed by atoms with Crippen molar-refractivity contribution in [2.75, 3.05) is 5.32 Å². The Hall–Kier alpha value is -3.35. The second kappa shape index (κ2) is 8.65. The lowest BCUT2D eigenvalue weighted by atomic mass is 10.0. The highest BCUT2D eigenvalue weighted by atomic mass is 32.1. The second-order valence-electron chi connectivity index (χ2n) is 7.57. The minimum Gasteiger partial charge on any atom is -0.297 e. The number of rotatable bonds is 5. The number of anilines is 1. The Kier molecular flexibility index (Phi) is 5.55. The molecule has 32 heavy (non-hydrogen) atoms. The van der Waals surface area contributed by atoms with E-state index in [1.807, 2.05) is 23.6 Å². The first-order valence-corrected chi connectivity index (χ1v) is 11.9. The summed E-state index contributed by atoms with van der Waals surface area (Å²) in [7, 11) is 0. The molecule has 5 aromatic rings. The minimum absolute atomic E-state index is 0.159. The molecule has 0 saturated heterocycles. The zero-order valence-electron chi connectivity index (χ0n) is 17.3. The zero-order valence-corrected chi connectivity index (χ0v) is 18.9. The first-order valence-electron chi connectivity index (χ1n) is 10.2. The number of carbonyl (C=O) groups excluding carboxylic acids is 1. The minimum atomic E-state index is -0.289. The van der Waals surface area contributed by atoms with Crippen LogP contribution in [0.2, 0.25) is 0 Å². The molecule has 5 rings (SSSR count). The molecule has 0 aliphatic carbocycles. The zero-order chi connectivity index (χ0) is 22.1. The number of benzene rings is 3. The topological polar surface area (TPSA) is 42.0 Å². The van der Waals surface area contributed by atoms with Crippen LogP contribution in [0, 0.1) is 12.7 Å². The number of carbonyl (C=O) groups is 1. The first kappa shape index (κ1) is 20.5. The van der Waals surface area contributed by atoms with E-state index in [1.54, 1.807) is 12.1 Å². The number of nitrogens with one attached hydrogen (secondary N) is 1. The third-order valence-electron chi connectivity index (χ3n) is 5.27. The van der Waals surface area contributed by atoms with Crippen molar-refractivity contribution in [3.05, 3.63) is 106 Å². The van der Waals surface area contributed by atoms with Gasteiger partial charge in [-0.25, -0.2) is 9.37 Å². The summed E-state index contributed by atoms with van der Waals surface area (Å²) < 4.78 is 14.3. The Morgan fingerprint density at radius 2 is 1.75 bits per heavy atom. The summed E-state index contributed by atoms with van der Waals surface area (Å²) in [5.74, 6) is -0.448. The third-order valence-corrected chi connectivity index (χ3v) is 7.24. The summed E-state index contributed by atoms with van der Waals surface area (Å²) >= 11 is 2.86. The van der Waals surface area contributed by atoms with Gasteiger partial charge in [-0.2, -0.15) is 0 Å². The molecule has 0 unspecified atom stereocenters. The molecule has 0 radical (unpaired) electrons. The molecule has 0 spiro atoms. The number of amides is 1. The van der Waals surface area contributed by atoms with E-state index in [0.717, 1.165) is 21.2 Å². The van der Waals surface area contributed by atoms with E-state index in [0.29, 0.717) is 22.1 Å². The van der Waals surface area contributed by atoms with Gasteiger partial charge in [-0.15, -0.1) is 22.7 Å². The number of aryl methyl sites for hydroxylation is 1. The van der Waals surface area contributed by atoms with Gasteiger partial charge in [0, 0.05) is 15.6 Å². The highest BCUT2D eigenvalue weighted by molar-refractivity contribution is 7.21. The van der Waals surface area contributed by atoms with Crippen LogP contribution < -0.4 is 5.32 Å². The van der Waals surface area contributed by atoms with Crippen molar-refractivity contribution >= 4 is 43.8 Å². The molecule has 0 aliphatic heterocycles. The van der Waals surface area contributed by atoms with Crippen LogP contribution >= 0.6 is 22.7 Å². The molecule has 2 aromatic heterocycles. The summed E-state index contributed by atoms with van der Waals surface area (Å²) in [5, 5.41) is 6.45. The monoisotopic (exact) mass is 458 g/mol. The molecule has 0 atom stereocenters. The van der Waals surface area contributed by atoms with Crippen molar-refractivity contribution in [2.45, 2.75) is 13.3 Å². The Bertz CT molecular complexity index is 1400. The summed E-state index contributed by atoms with van der Waals surface area (Å²) in [6.45, 7) is 2.07. The average Bonchev–Trinajstić information content (AvgIpc) is 3.41. The van der Waals surface area contributed by atoms with Crippen LogP contribution in [0.15, 0.2) is 78.2 Å². The van der Waals surface area contributed by atoms with Crippen molar-refractivity contribution < 1.29 is 9.18 Å². The molecule has 3 nitrogen and oxygen atoms in total. The molecule has 6 heteroatoms. The molecular formula is C26H19FN2OS2. The lowest BCUT2D eigenvalue weighted by Crippen LogP contribution is -2.12. The first-order chi connectivity index (χ1) is 15.6. The fourth-order valence-electron chi connectivity index (χ4n) is 3.61. The molecular weight excluding hydrogens is 439 g/mol. The van der Waals surface area contributed by atoms with Crippen LogP contribution in [0.3, 0.4) is 0 Å². The molecule has 0 saturated carbocycles. The molecule has 0 aliphatic rings. The fraction of sp³-hybridized carbons (Fsp3) is 0.0769. The van der Waals surface area contributed by atoms with E-state index in [-0.39, 0.29) is 11.7 Å². The van der Waals surface area contributed by atoms with Crippen LogP contribution in [0.25, 0.3) is 21.3 Å². The number of nitrogens with zero attached hydrogens (tertiary/aromatic N) is 1. The molecule has 158 valence electrons. The highest BCUT2D eigenvalue weighted by Gasteiger charge is 2.20. The van der Waals surface area contributed by atoms with E-state index in [1.165, 1.54) is 45.9 Å². The van der Waals surface area contributed by atoms with Crippen molar-refractivity contribution in [3.8, 4) is 11.3 Å². The molecule has 0 fully saturated rings. The Labute approximate surface area is 193 Å². The van der Waals surface area contributed by atoms with E-state index >= 15 is 0 Å². The van der Waals surface area contributed by atoms with E-state index in [4.69, 9.17) is 0 Å². The maximum atomic E-state index is 13.3. The molecule has 0 bridgehead atoms. The standard InChI is InChI=1S/C26H19FN2OS2/c1-16-6-8-17(9-7-16)14-21-20-4-2-3-5-23(20)32-24(21)25(30)29-26-28-22(15-31-26)18-10-12-19(27)13-11-18/h2-13,15H,14H2,1H3,(H,28,29,30). The average molecular weight is 459 g/mol. The van der Waals surface area contributed by atoms with Gasteiger partial charge in [0.25, 0.3) is 5.91 Å². The van der Waals surface area contributed by atoms with Crippen molar-refractivity contribution in [2.24, 2.45) is 0 Å². The van der Waals surface area contributed by atoms with E-state index in [2.05, 4.69) is 47.6 Å². The maximum Gasteiger partial charge on any atom is 0.267 e. The Morgan fingerprint density at radius 1 is 1.00 bits per heavy atom. The van der Waals surface area contributed by atoms with Crippen LogP contribution in [0.5, 0.6) is 0 Å². The van der Waals surface area contributed by atoms with Gasteiger partial charge in [0.05, 0.1) is 10.6 Å². The van der Waals surface area contributed by atoms with Gasteiger partial charge in [-0.1, -0.05) is 48.0 Å². The predicted octanol–water partition coefficient (Wildman–Crippen LogP) is 7.32.